The van der Waals surface area contributed by atoms with Gasteiger partial charge >= 0.3 is 0 Å². The van der Waals surface area contributed by atoms with E-state index in [-0.39, 0.29) is 23.6 Å². The van der Waals surface area contributed by atoms with Crippen molar-refractivity contribution in [3.05, 3.63) is 65.7 Å². The Labute approximate surface area is 134 Å². The lowest BCUT2D eigenvalue weighted by Crippen LogP contribution is -2.35. The summed E-state index contributed by atoms with van der Waals surface area (Å²) in [5.74, 6) is -0.418. The van der Waals surface area contributed by atoms with Crippen molar-refractivity contribution in [1.29, 1.82) is 0 Å². The Morgan fingerprint density at radius 3 is 2.23 bits per heavy atom. The largest absolute Gasteiger partial charge is 0.355 e. The first-order valence-electron chi connectivity index (χ1n) is 7.05. The molecule has 0 bridgehead atoms. The van der Waals surface area contributed by atoms with Gasteiger partial charge < -0.3 is 10.6 Å². The van der Waals surface area contributed by atoms with Crippen molar-refractivity contribution in [2.45, 2.75) is 19.9 Å². The molecule has 0 amide bonds. The summed E-state index contributed by atoms with van der Waals surface area (Å²) in [6, 6.07) is 12.5. The van der Waals surface area contributed by atoms with E-state index in [1.807, 2.05) is 13.8 Å². The van der Waals surface area contributed by atoms with Crippen LogP contribution >= 0.6 is 12.2 Å². The van der Waals surface area contributed by atoms with Gasteiger partial charge in [0, 0.05) is 0 Å². The summed E-state index contributed by atoms with van der Waals surface area (Å²) in [7, 11) is 0. The molecule has 0 aliphatic rings. The zero-order valence-electron chi connectivity index (χ0n) is 12.4. The summed E-state index contributed by atoms with van der Waals surface area (Å²) in [6.45, 7) is 4.07. The quantitative estimate of drug-likeness (QED) is 0.802. The maximum Gasteiger partial charge on any atom is 0.171 e. The normalized spacial score (nSPS) is 12.0. The maximum absolute atomic E-state index is 13.6. The number of thiocarbonyl (C=S) groups is 1. The van der Waals surface area contributed by atoms with Gasteiger partial charge in [-0.25, -0.2) is 8.78 Å². The molecule has 22 heavy (non-hydrogen) atoms. The molecule has 0 spiro atoms. The lowest BCUT2D eigenvalue weighted by molar-refractivity contribution is 0.472. The molecule has 0 saturated carbocycles. The van der Waals surface area contributed by atoms with Gasteiger partial charge in [-0.05, 0) is 48.0 Å². The van der Waals surface area contributed by atoms with E-state index in [1.54, 1.807) is 30.3 Å². The highest BCUT2D eigenvalue weighted by Gasteiger charge is 2.17. The fourth-order valence-electron chi connectivity index (χ4n) is 2.17. The van der Waals surface area contributed by atoms with E-state index in [0.29, 0.717) is 10.8 Å². The van der Waals surface area contributed by atoms with Crippen molar-refractivity contribution in [2.75, 3.05) is 5.32 Å². The second-order valence-electron chi connectivity index (χ2n) is 5.35. The number of rotatable bonds is 4. The monoisotopic (exact) mass is 320 g/mol. The zero-order chi connectivity index (χ0) is 16.1. The molecule has 2 rings (SSSR count). The minimum absolute atomic E-state index is 0.0904. The van der Waals surface area contributed by atoms with Gasteiger partial charge in [0.25, 0.3) is 0 Å². The third-order valence-electron chi connectivity index (χ3n) is 3.30. The van der Waals surface area contributed by atoms with E-state index >= 15 is 0 Å². The number of hydrogen-bond donors (Lipinski definition) is 2. The maximum atomic E-state index is 13.6. The first kappa shape index (κ1) is 16.4. The number of halogens is 2. The van der Waals surface area contributed by atoms with Crippen LogP contribution in [-0.2, 0) is 0 Å². The highest BCUT2D eigenvalue weighted by Crippen LogP contribution is 2.22. The van der Waals surface area contributed by atoms with Crippen molar-refractivity contribution >= 4 is 23.0 Å². The molecule has 0 aromatic heterocycles. The molecule has 2 aromatic carbocycles. The van der Waals surface area contributed by atoms with Crippen LogP contribution in [0.4, 0.5) is 14.5 Å². The summed E-state index contributed by atoms with van der Waals surface area (Å²) in [5.41, 5.74) is 1.25. The van der Waals surface area contributed by atoms with Crippen molar-refractivity contribution in [2.24, 2.45) is 5.92 Å². The van der Waals surface area contributed by atoms with E-state index in [0.717, 1.165) is 5.56 Å². The second kappa shape index (κ2) is 7.31. The van der Waals surface area contributed by atoms with Gasteiger partial charge in [0.2, 0.25) is 0 Å². The smallest absolute Gasteiger partial charge is 0.171 e. The van der Waals surface area contributed by atoms with E-state index in [4.69, 9.17) is 12.2 Å². The minimum Gasteiger partial charge on any atom is -0.355 e. The lowest BCUT2D eigenvalue weighted by atomic mass is 9.96. The number of hydrogen-bond acceptors (Lipinski definition) is 1. The predicted molar refractivity (Wildman–Crippen MR) is 89.7 cm³/mol. The fraction of sp³-hybridized carbons (Fsp3) is 0.235. The van der Waals surface area contributed by atoms with Crippen LogP contribution in [0.15, 0.2) is 48.5 Å². The number of nitrogens with one attached hydrogen (secondary N) is 2. The lowest BCUT2D eigenvalue weighted by Gasteiger charge is -2.25. The van der Waals surface area contributed by atoms with Crippen molar-refractivity contribution in [3.8, 4) is 0 Å². The summed E-state index contributed by atoms with van der Waals surface area (Å²) in [6.07, 6.45) is 0. The summed E-state index contributed by atoms with van der Waals surface area (Å²) in [4.78, 5) is 0. The molecule has 2 nitrogen and oxygen atoms in total. The van der Waals surface area contributed by atoms with Crippen LogP contribution < -0.4 is 10.6 Å². The van der Waals surface area contributed by atoms with Crippen LogP contribution in [0.5, 0.6) is 0 Å². The Bertz CT molecular complexity index is 641. The summed E-state index contributed by atoms with van der Waals surface area (Å²) in [5, 5.41) is 6.33. The Morgan fingerprint density at radius 2 is 1.64 bits per heavy atom. The molecule has 0 fully saturated rings. The minimum atomic E-state index is -0.366. The molecular weight excluding hydrogens is 302 g/mol. The fourth-order valence-corrected chi connectivity index (χ4v) is 2.40. The second-order valence-corrected chi connectivity index (χ2v) is 5.76. The number of benzene rings is 2. The van der Waals surface area contributed by atoms with Gasteiger partial charge in [0.15, 0.2) is 5.11 Å². The summed E-state index contributed by atoms with van der Waals surface area (Å²) >= 11 is 5.25. The van der Waals surface area contributed by atoms with Crippen LogP contribution in [0.25, 0.3) is 0 Å². The van der Waals surface area contributed by atoms with Gasteiger partial charge in [-0.3, -0.25) is 0 Å². The molecule has 0 saturated heterocycles. The van der Waals surface area contributed by atoms with E-state index in [2.05, 4.69) is 10.6 Å². The van der Waals surface area contributed by atoms with Gasteiger partial charge in [0.05, 0.1) is 11.7 Å². The van der Waals surface area contributed by atoms with Gasteiger partial charge in [-0.2, -0.15) is 0 Å². The Morgan fingerprint density at radius 1 is 1.00 bits per heavy atom. The summed E-state index contributed by atoms with van der Waals surface area (Å²) < 4.78 is 26.7. The first-order chi connectivity index (χ1) is 10.5. The highest BCUT2D eigenvalue weighted by molar-refractivity contribution is 7.80. The Balaban J connectivity index is 2.09. The Kier molecular flexibility index (Phi) is 5.44. The van der Waals surface area contributed by atoms with Crippen LogP contribution in [0, 0.1) is 17.6 Å². The zero-order valence-corrected chi connectivity index (χ0v) is 13.3. The van der Waals surface area contributed by atoms with Crippen LogP contribution in [0.3, 0.4) is 0 Å². The van der Waals surface area contributed by atoms with E-state index in [9.17, 15) is 8.78 Å². The molecule has 0 aliphatic heterocycles. The van der Waals surface area contributed by atoms with E-state index in [1.165, 1.54) is 18.2 Å². The number of anilines is 1. The van der Waals surface area contributed by atoms with Gasteiger partial charge in [-0.15, -0.1) is 0 Å². The molecule has 2 aromatic rings. The molecular formula is C17H18F2N2S. The third kappa shape index (κ3) is 4.24. The Hall–Kier alpha value is -2.01. The average molecular weight is 320 g/mol. The van der Waals surface area contributed by atoms with Crippen molar-refractivity contribution in [1.82, 2.24) is 5.32 Å². The van der Waals surface area contributed by atoms with Crippen LogP contribution in [0.1, 0.15) is 25.5 Å². The third-order valence-corrected chi connectivity index (χ3v) is 3.52. The number of para-hydroxylation sites is 1. The molecule has 2 N–H and O–H groups in total. The van der Waals surface area contributed by atoms with Crippen molar-refractivity contribution < 1.29 is 8.78 Å². The van der Waals surface area contributed by atoms with Crippen LogP contribution in [-0.4, -0.2) is 5.11 Å². The highest BCUT2D eigenvalue weighted by atomic mass is 32.1. The van der Waals surface area contributed by atoms with E-state index < -0.39 is 0 Å². The topological polar surface area (TPSA) is 24.1 Å². The van der Waals surface area contributed by atoms with Crippen molar-refractivity contribution in [3.63, 3.8) is 0 Å². The van der Waals surface area contributed by atoms with Gasteiger partial charge in [-0.1, -0.05) is 38.1 Å². The molecule has 5 heteroatoms. The average Bonchev–Trinajstić information content (AvgIpc) is 2.48. The SMILES string of the molecule is CC(C)[C@H](NC(=S)Nc1ccccc1F)c1ccc(F)cc1. The molecule has 1 atom stereocenters. The molecule has 0 radical (unpaired) electrons. The van der Waals surface area contributed by atoms with Crippen LogP contribution in [0.2, 0.25) is 0 Å². The predicted octanol–water partition coefficient (Wildman–Crippen LogP) is 4.65. The van der Waals surface area contributed by atoms with Gasteiger partial charge in [0.1, 0.15) is 11.6 Å². The first-order valence-corrected chi connectivity index (χ1v) is 7.45. The standard InChI is InChI=1S/C17H18F2N2S/c1-11(2)16(12-7-9-13(18)10-8-12)21-17(22)20-15-6-4-3-5-14(15)19/h3-11,16H,1-2H3,(H2,20,21,22)/t16-/m0/s1. The molecule has 116 valence electrons. The molecule has 0 heterocycles. The molecule has 0 unspecified atom stereocenters. The molecule has 0 aliphatic carbocycles.